The number of rotatable bonds is 6. The van der Waals surface area contributed by atoms with Crippen LogP contribution in [0.2, 0.25) is 0 Å². The third-order valence-electron chi connectivity index (χ3n) is 7.09. The molecule has 1 amide bonds. The summed E-state index contributed by atoms with van der Waals surface area (Å²) in [5, 5.41) is 16.5. The zero-order valence-electron chi connectivity index (χ0n) is 19.8. The molecular weight excluding hydrogens is 468 g/mol. The summed E-state index contributed by atoms with van der Waals surface area (Å²) < 4.78 is 24.4. The molecule has 4 N–H and O–H groups in total. The fourth-order valence-electron chi connectivity index (χ4n) is 5.53. The molecule has 3 aliphatic heterocycles. The molecule has 11 nitrogen and oxygen atoms in total. The molecule has 12 heteroatoms. The van der Waals surface area contributed by atoms with Crippen LogP contribution in [0.15, 0.2) is 23.2 Å². The lowest BCUT2D eigenvalue weighted by Gasteiger charge is -2.39. The second kappa shape index (κ2) is 9.22. The quantitative estimate of drug-likeness (QED) is 0.461. The highest BCUT2D eigenvalue weighted by Gasteiger charge is 2.43. The Hall–Kier alpha value is -3.01. The fraction of sp³-hybridized carbons (Fsp3) is 0.565. The SMILES string of the molecule is CC1CC(Nc2cc3ncc(S(C)(=O)=O)cc3c(NC3C[C@H]4CC[C@@H](C3)N4C(=O)CC#N)n2)NN1. The molecule has 2 bridgehead atoms. The van der Waals surface area contributed by atoms with E-state index in [0.717, 1.165) is 38.4 Å². The first-order chi connectivity index (χ1) is 16.7. The molecule has 3 fully saturated rings. The maximum atomic E-state index is 12.4. The molecule has 2 aromatic rings. The number of anilines is 2. The van der Waals surface area contributed by atoms with Crippen molar-refractivity contribution >= 4 is 38.3 Å². The van der Waals surface area contributed by atoms with Gasteiger partial charge in [0.1, 0.15) is 18.1 Å². The van der Waals surface area contributed by atoms with E-state index in [9.17, 15) is 13.2 Å². The third-order valence-corrected chi connectivity index (χ3v) is 8.17. The summed E-state index contributed by atoms with van der Waals surface area (Å²) in [6.45, 7) is 2.09. The van der Waals surface area contributed by atoms with Crippen LogP contribution in [0.1, 0.15) is 45.4 Å². The van der Waals surface area contributed by atoms with Gasteiger partial charge in [-0.25, -0.2) is 18.8 Å². The molecule has 186 valence electrons. The Morgan fingerprint density at radius 2 is 1.94 bits per heavy atom. The summed E-state index contributed by atoms with van der Waals surface area (Å²) in [5.74, 6) is 1.11. The Morgan fingerprint density at radius 1 is 1.20 bits per heavy atom. The molecule has 5 atom stereocenters. The van der Waals surface area contributed by atoms with Crippen molar-refractivity contribution in [3.63, 3.8) is 0 Å². The second-order valence-corrected chi connectivity index (χ2v) is 11.8. The lowest BCUT2D eigenvalue weighted by molar-refractivity contribution is -0.134. The number of fused-ring (bicyclic) bond motifs is 3. The van der Waals surface area contributed by atoms with Crippen LogP contribution < -0.4 is 21.5 Å². The van der Waals surface area contributed by atoms with Crippen LogP contribution in [0.25, 0.3) is 10.9 Å². The highest BCUT2D eigenvalue weighted by molar-refractivity contribution is 7.90. The van der Waals surface area contributed by atoms with Gasteiger partial charge in [-0.1, -0.05) is 0 Å². The maximum Gasteiger partial charge on any atom is 0.237 e. The van der Waals surface area contributed by atoms with Crippen molar-refractivity contribution in [2.45, 2.75) is 80.7 Å². The number of amides is 1. The van der Waals surface area contributed by atoms with E-state index in [4.69, 9.17) is 10.2 Å². The van der Waals surface area contributed by atoms with Crippen molar-refractivity contribution in [3.8, 4) is 6.07 Å². The first-order valence-corrected chi connectivity index (χ1v) is 13.8. The molecule has 35 heavy (non-hydrogen) atoms. The average Bonchev–Trinajstić information content (AvgIpc) is 3.32. The predicted molar refractivity (Wildman–Crippen MR) is 131 cm³/mol. The summed E-state index contributed by atoms with van der Waals surface area (Å²) in [7, 11) is -3.43. The van der Waals surface area contributed by atoms with E-state index in [2.05, 4.69) is 33.4 Å². The molecule has 0 radical (unpaired) electrons. The van der Waals surface area contributed by atoms with Gasteiger partial charge in [0.15, 0.2) is 9.84 Å². The van der Waals surface area contributed by atoms with Gasteiger partial charge in [0.25, 0.3) is 0 Å². The molecule has 3 aliphatic rings. The molecule has 0 spiro atoms. The Balaban J connectivity index is 1.44. The maximum absolute atomic E-state index is 12.4. The van der Waals surface area contributed by atoms with Crippen LogP contribution in [-0.2, 0) is 14.6 Å². The van der Waals surface area contributed by atoms with E-state index in [1.54, 1.807) is 6.07 Å². The molecule has 3 saturated heterocycles. The van der Waals surface area contributed by atoms with Gasteiger partial charge >= 0.3 is 0 Å². The molecule has 3 unspecified atom stereocenters. The standard InChI is InChI=1S/C23H30N8O3S/c1-13-7-21(30-29-13)27-20-11-19-18(10-17(12-25-19)35(2,33)34)23(28-20)26-14-8-15-3-4-16(9-14)31(15)22(32)5-6-24/h10-16,21,29-30H,3-5,7-9H2,1-2H3,(H2,26,27,28)/t13?,14?,15-,16+,21?. The number of nitrogens with zero attached hydrogens (tertiary/aromatic N) is 4. The van der Waals surface area contributed by atoms with Crippen molar-refractivity contribution < 1.29 is 13.2 Å². The number of piperidine rings is 1. The van der Waals surface area contributed by atoms with Crippen LogP contribution in [0.3, 0.4) is 0 Å². The van der Waals surface area contributed by atoms with Gasteiger partial charge in [-0.2, -0.15) is 5.26 Å². The van der Waals surface area contributed by atoms with Crippen molar-refractivity contribution in [2.24, 2.45) is 0 Å². The van der Waals surface area contributed by atoms with E-state index in [-0.39, 0.29) is 41.5 Å². The number of aromatic nitrogens is 2. The number of pyridine rings is 2. The van der Waals surface area contributed by atoms with Gasteiger partial charge in [-0.05, 0) is 45.1 Å². The minimum absolute atomic E-state index is 0.00308. The van der Waals surface area contributed by atoms with Crippen LogP contribution in [0.4, 0.5) is 11.6 Å². The number of hydrogen-bond donors (Lipinski definition) is 4. The van der Waals surface area contributed by atoms with Crippen LogP contribution in [0, 0.1) is 11.3 Å². The van der Waals surface area contributed by atoms with Crippen molar-refractivity contribution in [3.05, 3.63) is 18.3 Å². The Labute approximate surface area is 204 Å². The zero-order valence-corrected chi connectivity index (χ0v) is 20.6. The number of nitriles is 1. The molecule has 0 aliphatic carbocycles. The van der Waals surface area contributed by atoms with Gasteiger partial charge in [-0.3, -0.25) is 15.2 Å². The van der Waals surface area contributed by atoms with Crippen LogP contribution >= 0.6 is 0 Å². The lowest BCUT2D eigenvalue weighted by atomic mass is 9.96. The van der Waals surface area contributed by atoms with Gasteiger partial charge < -0.3 is 15.5 Å². The van der Waals surface area contributed by atoms with E-state index >= 15 is 0 Å². The summed E-state index contributed by atoms with van der Waals surface area (Å²) in [4.78, 5) is 23.7. The summed E-state index contributed by atoms with van der Waals surface area (Å²) >= 11 is 0. The van der Waals surface area contributed by atoms with Crippen molar-refractivity contribution in [1.29, 1.82) is 5.26 Å². The third kappa shape index (κ3) is 4.89. The second-order valence-electron chi connectivity index (χ2n) is 9.82. The van der Waals surface area contributed by atoms with Gasteiger partial charge in [0.2, 0.25) is 5.91 Å². The summed E-state index contributed by atoms with van der Waals surface area (Å²) in [6.07, 6.45) is 6.68. The normalized spacial score (nSPS) is 28.1. The largest absolute Gasteiger partial charge is 0.367 e. The Kier molecular flexibility index (Phi) is 6.25. The summed E-state index contributed by atoms with van der Waals surface area (Å²) in [6, 6.07) is 6.00. The smallest absolute Gasteiger partial charge is 0.237 e. The van der Waals surface area contributed by atoms with Crippen LogP contribution in [-0.4, -0.2) is 65.8 Å². The zero-order chi connectivity index (χ0) is 24.7. The Morgan fingerprint density at radius 3 is 2.57 bits per heavy atom. The monoisotopic (exact) mass is 498 g/mol. The lowest BCUT2D eigenvalue weighted by Crippen LogP contribution is -2.49. The number of hydrazine groups is 1. The fourth-order valence-corrected chi connectivity index (χ4v) is 6.11. The predicted octanol–water partition coefficient (Wildman–Crippen LogP) is 1.51. The topological polar surface area (TPSA) is 152 Å². The molecule has 0 aromatic carbocycles. The van der Waals surface area contributed by atoms with E-state index in [0.29, 0.717) is 28.6 Å². The van der Waals surface area contributed by atoms with E-state index < -0.39 is 9.84 Å². The number of sulfone groups is 1. The summed E-state index contributed by atoms with van der Waals surface area (Å²) in [5.41, 5.74) is 7.02. The first kappa shape index (κ1) is 23.7. The van der Waals surface area contributed by atoms with Crippen LogP contribution in [0.5, 0.6) is 0 Å². The molecular formula is C23H30N8O3S. The number of nitrogens with one attached hydrogen (secondary N) is 4. The highest BCUT2D eigenvalue weighted by Crippen LogP contribution is 2.38. The molecule has 5 rings (SSSR count). The van der Waals surface area contributed by atoms with Gasteiger partial charge in [-0.15, -0.1) is 0 Å². The number of hydrogen-bond acceptors (Lipinski definition) is 10. The minimum atomic E-state index is -3.43. The number of carbonyl (C=O) groups excluding carboxylic acids is 1. The number of carbonyl (C=O) groups is 1. The molecule has 0 saturated carbocycles. The highest BCUT2D eigenvalue weighted by atomic mass is 32.2. The molecule has 5 heterocycles. The van der Waals surface area contributed by atoms with Gasteiger partial charge in [0.05, 0.1) is 22.6 Å². The van der Waals surface area contributed by atoms with Gasteiger partial charge in [0, 0.05) is 48.1 Å². The van der Waals surface area contributed by atoms with Crippen molar-refractivity contribution in [1.82, 2.24) is 25.7 Å². The van der Waals surface area contributed by atoms with E-state index in [1.807, 2.05) is 17.0 Å². The van der Waals surface area contributed by atoms with E-state index in [1.165, 1.54) is 6.20 Å². The average molecular weight is 499 g/mol. The first-order valence-electron chi connectivity index (χ1n) is 11.9. The van der Waals surface area contributed by atoms with Crippen molar-refractivity contribution in [2.75, 3.05) is 16.9 Å². The minimum Gasteiger partial charge on any atom is -0.367 e. The molecule has 2 aromatic heterocycles. The Bertz CT molecular complexity index is 1280.